The van der Waals surface area contributed by atoms with Gasteiger partial charge in [0.15, 0.2) is 5.65 Å². The van der Waals surface area contributed by atoms with E-state index in [-0.39, 0.29) is 6.10 Å². The minimum absolute atomic E-state index is 0.141. The SMILES string of the molecule is Cc1cccc(-n2cc(-c3ccc(OC(C)C)cc3)c3c(NC4CCOCC4)ncnc32)c1. The van der Waals surface area contributed by atoms with E-state index in [9.17, 15) is 0 Å². The number of aromatic nitrogens is 3. The molecular formula is C27H30N4O2. The fourth-order valence-electron chi connectivity index (χ4n) is 4.39. The van der Waals surface area contributed by atoms with Gasteiger partial charge < -0.3 is 19.4 Å². The minimum Gasteiger partial charge on any atom is -0.491 e. The molecule has 0 atom stereocenters. The van der Waals surface area contributed by atoms with Crippen LogP contribution in [0.4, 0.5) is 5.82 Å². The van der Waals surface area contributed by atoms with Crippen molar-refractivity contribution in [1.82, 2.24) is 14.5 Å². The lowest BCUT2D eigenvalue weighted by Crippen LogP contribution is -2.28. The Hall–Kier alpha value is -3.38. The van der Waals surface area contributed by atoms with Crippen LogP contribution in [0.2, 0.25) is 0 Å². The molecule has 0 unspecified atom stereocenters. The molecule has 2 aromatic carbocycles. The number of rotatable bonds is 6. The normalized spacial score (nSPS) is 14.7. The quantitative estimate of drug-likeness (QED) is 0.410. The van der Waals surface area contributed by atoms with Gasteiger partial charge in [-0.3, -0.25) is 0 Å². The molecule has 1 aliphatic heterocycles. The molecule has 0 amide bonds. The molecule has 0 bridgehead atoms. The summed E-state index contributed by atoms with van der Waals surface area (Å²) < 4.78 is 13.6. The van der Waals surface area contributed by atoms with Crippen molar-refractivity contribution in [3.8, 4) is 22.6 Å². The summed E-state index contributed by atoms with van der Waals surface area (Å²) in [5.41, 5.74) is 5.38. The third-order valence-electron chi connectivity index (χ3n) is 5.96. The van der Waals surface area contributed by atoms with Crippen LogP contribution < -0.4 is 10.1 Å². The zero-order chi connectivity index (χ0) is 22.8. The summed E-state index contributed by atoms with van der Waals surface area (Å²) in [7, 11) is 0. The topological polar surface area (TPSA) is 61.2 Å². The Morgan fingerprint density at radius 3 is 2.58 bits per heavy atom. The fourth-order valence-corrected chi connectivity index (χ4v) is 4.39. The first-order chi connectivity index (χ1) is 16.1. The number of anilines is 1. The molecule has 6 nitrogen and oxygen atoms in total. The molecule has 1 fully saturated rings. The Bertz CT molecular complexity index is 1240. The number of benzene rings is 2. The first-order valence-corrected chi connectivity index (χ1v) is 11.6. The molecular weight excluding hydrogens is 412 g/mol. The average Bonchev–Trinajstić information content (AvgIpc) is 3.21. The van der Waals surface area contributed by atoms with E-state index in [0.29, 0.717) is 6.04 Å². The van der Waals surface area contributed by atoms with Gasteiger partial charge in [0, 0.05) is 36.7 Å². The van der Waals surface area contributed by atoms with Crippen LogP contribution in [0.25, 0.3) is 27.8 Å². The first-order valence-electron chi connectivity index (χ1n) is 11.6. The molecule has 0 saturated carbocycles. The predicted molar refractivity (Wildman–Crippen MR) is 132 cm³/mol. The first kappa shape index (κ1) is 21.5. The van der Waals surface area contributed by atoms with Crippen LogP contribution in [-0.4, -0.2) is 39.9 Å². The molecule has 1 saturated heterocycles. The van der Waals surface area contributed by atoms with Crippen molar-refractivity contribution in [1.29, 1.82) is 0 Å². The molecule has 170 valence electrons. The lowest BCUT2D eigenvalue weighted by Gasteiger charge is -2.24. The van der Waals surface area contributed by atoms with Crippen molar-refractivity contribution >= 4 is 16.9 Å². The Balaban J connectivity index is 1.64. The van der Waals surface area contributed by atoms with Crippen molar-refractivity contribution < 1.29 is 9.47 Å². The molecule has 1 aliphatic rings. The highest BCUT2D eigenvalue weighted by Crippen LogP contribution is 2.36. The van der Waals surface area contributed by atoms with Crippen molar-refractivity contribution in [3.63, 3.8) is 0 Å². The van der Waals surface area contributed by atoms with Gasteiger partial charge in [-0.1, -0.05) is 24.3 Å². The van der Waals surface area contributed by atoms with Gasteiger partial charge in [-0.25, -0.2) is 9.97 Å². The molecule has 4 aromatic rings. The number of fused-ring (bicyclic) bond motifs is 1. The Morgan fingerprint density at radius 2 is 1.85 bits per heavy atom. The molecule has 0 spiro atoms. The number of nitrogens with zero attached hydrogens (tertiary/aromatic N) is 3. The van der Waals surface area contributed by atoms with Crippen molar-refractivity contribution in [2.45, 2.75) is 45.8 Å². The third-order valence-corrected chi connectivity index (χ3v) is 5.96. The second kappa shape index (κ2) is 9.24. The summed E-state index contributed by atoms with van der Waals surface area (Å²) in [6.07, 6.45) is 5.91. The van der Waals surface area contributed by atoms with E-state index in [1.54, 1.807) is 6.33 Å². The number of ether oxygens (including phenoxy) is 2. The molecule has 2 aromatic heterocycles. The molecule has 1 N–H and O–H groups in total. The van der Waals surface area contributed by atoms with Crippen LogP contribution in [-0.2, 0) is 4.74 Å². The number of nitrogens with one attached hydrogen (secondary N) is 1. The highest BCUT2D eigenvalue weighted by Gasteiger charge is 2.21. The van der Waals surface area contributed by atoms with Gasteiger partial charge in [0.1, 0.15) is 17.9 Å². The largest absolute Gasteiger partial charge is 0.491 e. The lowest BCUT2D eigenvalue weighted by atomic mass is 10.0. The van der Waals surface area contributed by atoms with Gasteiger partial charge >= 0.3 is 0 Å². The van der Waals surface area contributed by atoms with Crippen molar-refractivity contribution in [3.05, 3.63) is 66.6 Å². The Labute approximate surface area is 194 Å². The van der Waals surface area contributed by atoms with Crippen LogP contribution in [0, 0.1) is 6.92 Å². The minimum atomic E-state index is 0.141. The maximum atomic E-state index is 5.85. The number of hydrogen-bond acceptors (Lipinski definition) is 5. The van der Waals surface area contributed by atoms with Crippen LogP contribution in [0.5, 0.6) is 5.75 Å². The summed E-state index contributed by atoms with van der Waals surface area (Å²) in [5, 5.41) is 4.71. The van der Waals surface area contributed by atoms with E-state index in [1.165, 1.54) is 5.56 Å². The summed E-state index contributed by atoms with van der Waals surface area (Å²) >= 11 is 0. The fraction of sp³-hybridized carbons (Fsp3) is 0.333. The molecule has 33 heavy (non-hydrogen) atoms. The summed E-state index contributed by atoms with van der Waals surface area (Å²) in [6.45, 7) is 7.74. The number of aryl methyl sites for hydroxylation is 1. The average molecular weight is 443 g/mol. The summed E-state index contributed by atoms with van der Waals surface area (Å²) in [6, 6.07) is 17.1. The monoisotopic (exact) mass is 442 g/mol. The second-order valence-corrected chi connectivity index (χ2v) is 8.89. The number of hydrogen-bond donors (Lipinski definition) is 1. The van der Waals surface area contributed by atoms with E-state index in [4.69, 9.17) is 14.5 Å². The standard InChI is InChI=1S/C27H30N4O2/c1-18(2)33-23-9-7-20(8-10-23)24-16-31(22-6-4-5-19(3)15-22)27-25(24)26(28-17-29-27)30-21-11-13-32-14-12-21/h4-10,15-18,21H,11-14H2,1-3H3,(H,28,29,30). The van der Waals surface area contributed by atoms with E-state index >= 15 is 0 Å². The van der Waals surface area contributed by atoms with Gasteiger partial charge in [0.05, 0.1) is 11.5 Å². The van der Waals surface area contributed by atoms with E-state index in [2.05, 4.69) is 64.4 Å². The third kappa shape index (κ3) is 4.57. The zero-order valence-electron chi connectivity index (χ0n) is 19.4. The maximum absolute atomic E-state index is 5.85. The molecule has 0 radical (unpaired) electrons. The maximum Gasteiger partial charge on any atom is 0.150 e. The summed E-state index contributed by atoms with van der Waals surface area (Å²) in [5.74, 6) is 1.74. The highest BCUT2D eigenvalue weighted by molar-refractivity contribution is 6.02. The highest BCUT2D eigenvalue weighted by atomic mass is 16.5. The molecule has 0 aliphatic carbocycles. The lowest BCUT2D eigenvalue weighted by molar-refractivity contribution is 0.0904. The van der Waals surface area contributed by atoms with Gasteiger partial charge in [-0.2, -0.15) is 0 Å². The molecule has 3 heterocycles. The van der Waals surface area contributed by atoms with Crippen LogP contribution in [0.15, 0.2) is 61.1 Å². The smallest absolute Gasteiger partial charge is 0.150 e. The van der Waals surface area contributed by atoms with Crippen molar-refractivity contribution in [2.75, 3.05) is 18.5 Å². The summed E-state index contributed by atoms with van der Waals surface area (Å²) in [4.78, 5) is 9.37. The molecule has 6 heteroatoms. The van der Waals surface area contributed by atoms with E-state index in [1.807, 2.05) is 26.0 Å². The molecule has 5 rings (SSSR count). The Morgan fingerprint density at radius 1 is 1.06 bits per heavy atom. The van der Waals surface area contributed by atoms with Crippen LogP contribution in [0.1, 0.15) is 32.3 Å². The van der Waals surface area contributed by atoms with Crippen molar-refractivity contribution in [2.24, 2.45) is 0 Å². The van der Waals surface area contributed by atoms with Gasteiger partial charge in [0.25, 0.3) is 0 Å². The van der Waals surface area contributed by atoms with Gasteiger partial charge in [-0.15, -0.1) is 0 Å². The van der Waals surface area contributed by atoms with Gasteiger partial charge in [-0.05, 0) is 69.0 Å². The van der Waals surface area contributed by atoms with E-state index < -0.39 is 0 Å². The van der Waals surface area contributed by atoms with E-state index in [0.717, 1.165) is 65.5 Å². The Kier molecular flexibility index (Phi) is 6.01. The second-order valence-electron chi connectivity index (χ2n) is 8.89. The zero-order valence-corrected chi connectivity index (χ0v) is 19.4. The van der Waals surface area contributed by atoms with Gasteiger partial charge in [0.2, 0.25) is 0 Å². The van der Waals surface area contributed by atoms with Crippen LogP contribution in [0.3, 0.4) is 0 Å². The van der Waals surface area contributed by atoms with Crippen LogP contribution >= 0.6 is 0 Å². The predicted octanol–water partition coefficient (Wildman–Crippen LogP) is 5.77.